The Hall–Kier alpha value is -4.46. The molecule has 182 valence electrons. The Morgan fingerprint density at radius 3 is 2.64 bits per heavy atom. The Labute approximate surface area is 208 Å². The third-order valence-electron chi connectivity index (χ3n) is 6.38. The first-order valence-electron chi connectivity index (χ1n) is 11.8. The maximum atomic E-state index is 13.3. The van der Waals surface area contributed by atoms with Crippen molar-refractivity contribution in [3.63, 3.8) is 0 Å². The fraction of sp³-hybridized carbons (Fsp3) is 0.214. The zero-order valence-corrected chi connectivity index (χ0v) is 20.1. The molecule has 36 heavy (non-hydrogen) atoms. The number of ether oxygens (including phenoxy) is 1. The third-order valence-corrected chi connectivity index (χ3v) is 6.38. The number of aromatic nitrogens is 2. The number of pyridine rings is 2. The van der Waals surface area contributed by atoms with E-state index in [4.69, 9.17) is 4.74 Å². The molecule has 1 N–H and O–H groups in total. The largest absolute Gasteiger partial charge is 0.493 e. The maximum Gasteiger partial charge on any atom is 0.307 e. The summed E-state index contributed by atoms with van der Waals surface area (Å²) in [5.41, 5.74) is 2.90. The summed E-state index contributed by atoms with van der Waals surface area (Å²) >= 11 is 0. The van der Waals surface area contributed by atoms with Crippen molar-refractivity contribution in [2.45, 2.75) is 19.8 Å². The first-order chi connectivity index (χ1) is 17.5. The molecule has 8 nitrogen and oxygen atoms in total. The van der Waals surface area contributed by atoms with Crippen LogP contribution in [0.4, 0.5) is 17.3 Å². The Kier molecular flexibility index (Phi) is 6.25. The molecule has 2 aromatic heterocycles. The Balaban J connectivity index is 1.38. The number of amides is 1. The van der Waals surface area contributed by atoms with E-state index in [-0.39, 0.29) is 12.3 Å². The number of anilines is 3. The highest BCUT2D eigenvalue weighted by Gasteiger charge is 2.30. The standard InChI is InChI=1S/C28H26N4O4/c1-3-32-26-22(28(35)31(2)23-10-6-13-29-27(23)32)15-18(17-30-26)12-14-36-24-11-5-8-20-19(16-25(33)34)7-4-9-21(20)24/h4-11,13,15,17H,3,12,14,16H2,1-2H3,(H,33,34). The maximum absolute atomic E-state index is 13.3. The van der Waals surface area contributed by atoms with E-state index in [1.165, 1.54) is 0 Å². The van der Waals surface area contributed by atoms with Crippen molar-refractivity contribution in [2.24, 2.45) is 0 Å². The normalized spacial score (nSPS) is 12.8. The monoisotopic (exact) mass is 482 g/mol. The van der Waals surface area contributed by atoms with Crippen molar-refractivity contribution in [3.05, 3.63) is 83.7 Å². The van der Waals surface area contributed by atoms with Crippen LogP contribution in [0.5, 0.6) is 5.75 Å². The molecule has 0 unspecified atom stereocenters. The highest BCUT2D eigenvalue weighted by atomic mass is 16.5. The number of rotatable bonds is 7. The molecule has 8 heteroatoms. The number of carbonyl (C=O) groups is 2. The van der Waals surface area contributed by atoms with Gasteiger partial charge in [-0.05, 0) is 47.7 Å². The van der Waals surface area contributed by atoms with Gasteiger partial charge >= 0.3 is 5.97 Å². The predicted octanol–water partition coefficient (Wildman–Crippen LogP) is 4.63. The van der Waals surface area contributed by atoms with Crippen molar-refractivity contribution >= 4 is 40.0 Å². The molecule has 0 aliphatic carbocycles. The number of carboxylic acids is 1. The zero-order chi connectivity index (χ0) is 25.2. The van der Waals surface area contributed by atoms with E-state index < -0.39 is 5.97 Å². The topological polar surface area (TPSA) is 95.9 Å². The van der Waals surface area contributed by atoms with Crippen LogP contribution in [-0.4, -0.2) is 47.2 Å². The van der Waals surface area contributed by atoms with Gasteiger partial charge in [-0.3, -0.25) is 9.59 Å². The average molecular weight is 483 g/mol. The van der Waals surface area contributed by atoms with Crippen LogP contribution in [0, 0.1) is 0 Å². The molecule has 3 heterocycles. The van der Waals surface area contributed by atoms with Gasteiger partial charge in [0.2, 0.25) is 0 Å². The second-order valence-corrected chi connectivity index (χ2v) is 8.61. The van der Waals surface area contributed by atoms with Gasteiger partial charge in [0, 0.05) is 37.8 Å². The molecule has 4 aromatic rings. The molecular formula is C28H26N4O4. The van der Waals surface area contributed by atoms with Gasteiger partial charge in [0.05, 0.1) is 24.3 Å². The SMILES string of the molecule is CCN1c2ncc(CCOc3cccc4c(CC(=O)O)cccc34)cc2C(=O)N(C)c2cccnc21. The van der Waals surface area contributed by atoms with Crippen LogP contribution in [0.15, 0.2) is 67.0 Å². The summed E-state index contributed by atoms with van der Waals surface area (Å²) < 4.78 is 6.10. The van der Waals surface area contributed by atoms with Crippen LogP contribution in [0.1, 0.15) is 28.4 Å². The fourth-order valence-corrected chi connectivity index (χ4v) is 4.63. The van der Waals surface area contributed by atoms with Crippen molar-refractivity contribution in [1.29, 1.82) is 0 Å². The lowest BCUT2D eigenvalue weighted by molar-refractivity contribution is -0.136. The minimum Gasteiger partial charge on any atom is -0.493 e. The summed E-state index contributed by atoms with van der Waals surface area (Å²) in [7, 11) is 1.75. The van der Waals surface area contributed by atoms with Crippen molar-refractivity contribution in [3.8, 4) is 5.75 Å². The van der Waals surface area contributed by atoms with Gasteiger partial charge in [-0.15, -0.1) is 0 Å². The van der Waals surface area contributed by atoms with Gasteiger partial charge in [0.25, 0.3) is 5.91 Å². The molecule has 0 atom stereocenters. The quantitative estimate of drug-likeness (QED) is 0.410. The van der Waals surface area contributed by atoms with Gasteiger partial charge in [0.15, 0.2) is 5.82 Å². The summed E-state index contributed by atoms with van der Waals surface area (Å²) in [6, 6.07) is 16.8. The van der Waals surface area contributed by atoms with Crippen LogP contribution >= 0.6 is 0 Å². The molecule has 1 aliphatic rings. The lowest BCUT2D eigenvalue weighted by Gasteiger charge is -2.22. The van der Waals surface area contributed by atoms with Crippen molar-refractivity contribution < 1.29 is 19.4 Å². The molecule has 0 radical (unpaired) electrons. The number of nitrogens with zero attached hydrogens (tertiary/aromatic N) is 4. The summed E-state index contributed by atoms with van der Waals surface area (Å²) in [6.45, 7) is 3.01. The second-order valence-electron chi connectivity index (χ2n) is 8.61. The number of carbonyl (C=O) groups excluding carboxylic acids is 1. The van der Waals surface area contributed by atoms with Gasteiger partial charge in [-0.2, -0.15) is 0 Å². The van der Waals surface area contributed by atoms with E-state index in [1.807, 2.05) is 66.4 Å². The molecule has 0 fully saturated rings. The molecule has 0 spiro atoms. The predicted molar refractivity (Wildman–Crippen MR) is 138 cm³/mol. The van der Waals surface area contributed by atoms with Gasteiger partial charge < -0.3 is 19.6 Å². The highest BCUT2D eigenvalue weighted by molar-refractivity contribution is 6.12. The summed E-state index contributed by atoms with van der Waals surface area (Å²) in [5, 5.41) is 11.0. The third kappa shape index (κ3) is 4.22. The van der Waals surface area contributed by atoms with E-state index >= 15 is 0 Å². The Morgan fingerprint density at radius 2 is 1.83 bits per heavy atom. The number of benzene rings is 2. The Bertz CT molecular complexity index is 1470. The number of hydrogen-bond acceptors (Lipinski definition) is 6. The summed E-state index contributed by atoms with van der Waals surface area (Å²) in [5.74, 6) is 0.987. The average Bonchev–Trinajstić information content (AvgIpc) is 2.97. The van der Waals surface area contributed by atoms with Crippen LogP contribution in [-0.2, 0) is 17.6 Å². The number of fused-ring (bicyclic) bond motifs is 3. The molecule has 1 aliphatic heterocycles. The van der Waals surface area contributed by atoms with Crippen LogP contribution in [0.2, 0.25) is 0 Å². The molecule has 0 saturated carbocycles. The van der Waals surface area contributed by atoms with Crippen LogP contribution < -0.4 is 14.5 Å². The van der Waals surface area contributed by atoms with E-state index in [0.29, 0.717) is 42.5 Å². The minimum absolute atomic E-state index is 0.0434. The first kappa shape index (κ1) is 23.3. The van der Waals surface area contributed by atoms with E-state index in [1.54, 1.807) is 24.3 Å². The first-order valence-corrected chi connectivity index (χ1v) is 11.8. The van der Waals surface area contributed by atoms with Crippen molar-refractivity contribution in [2.75, 3.05) is 30.0 Å². The van der Waals surface area contributed by atoms with Gasteiger partial charge in [0.1, 0.15) is 11.6 Å². The van der Waals surface area contributed by atoms with E-state index in [2.05, 4.69) is 9.97 Å². The molecule has 1 amide bonds. The fourth-order valence-electron chi connectivity index (χ4n) is 4.63. The van der Waals surface area contributed by atoms with E-state index in [0.717, 1.165) is 27.6 Å². The molecular weight excluding hydrogens is 456 g/mol. The second kappa shape index (κ2) is 9.65. The summed E-state index contributed by atoms with van der Waals surface area (Å²) in [6.07, 6.45) is 4.01. The Morgan fingerprint density at radius 1 is 1.03 bits per heavy atom. The van der Waals surface area contributed by atoms with Gasteiger partial charge in [-0.25, -0.2) is 9.97 Å². The lowest BCUT2D eigenvalue weighted by Crippen LogP contribution is -2.25. The lowest BCUT2D eigenvalue weighted by atomic mass is 10.0. The zero-order valence-electron chi connectivity index (χ0n) is 20.1. The summed E-state index contributed by atoms with van der Waals surface area (Å²) in [4.78, 5) is 37.3. The smallest absolute Gasteiger partial charge is 0.307 e. The molecule has 0 bridgehead atoms. The number of hydrogen-bond donors (Lipinski definition) is 1. The van der Waals surface area contributed by atoms with Crippen LogP contribution in [0.25, 0.3) is 10.8 Å². The minimum atomic E-state index is -0.870. The number of carboxylic acid groups (broad SMARTS) is 1. The van der Waals surface area contributed by atoms with Crippen molar-refractivity contribution in [1.82, 2.24) is 9.97 Å². The van der Waals surface area contributed by atoms with Gasteiger partial charge in [-0.1, -0.05) is 30.3 Å². The van der Waals surface area contributed by atoms with Crippen LogP contribution in [0.3, 0.4) is 0 Å². The molecule has 5 rings (SSSR count). The number of aliphatic carboxylic acids is 1. The molecule has 2 aromatic carbocycles. The molecule has 0 saturated heterocycles. The highest BCUT2D eigenvalue weighted by Crippen LogP contribution is 2.37. The van der Waals surface area contributed by atoms with E-state index in [9.17, 15) is 14.7 Å².